The molecule has 0 atom stereocenters. The topological polar surface area (TPSA) is 39.1 Å². The fourth-order valence-corrected chi connectivity index (χ4v) is 1.25. The quantitative estimate of drug-likeness (QED) is 0.746. The molecule has 4 nitrogen and oxygen atoms in total. The number of aromatic nitrogens is 2. The molecule has 0 fully saturated rings. The van der Waals surface area contributed by atoms with Gasteiger partial charge in [-0.1, -0.05) is 0 Å². The van der Waals surface area contributed by atoms with Crippen molar-refractivity contribution in [1.29, 1.82) is 0 Å². The van der Waals surface area contributed by atoms with Crippen LogP contribution in [0.2, 0.25) is 0 Å². The molecule has 1 rings (SSSR count). The van der Waals surface area contributed by atoms with Gasteiger partial charge < -0.3 is 14.6 Å². The highest BCUT2D eigenvalue weighted by atomic mass is 19.4. The Morgan fingerprint density at radius 1 is 1.47 bits per heavy atom. The van der Waals surface area contributed by atoms with E-state index >= 15 is 0 Å². The number of hydrogen-bond acceptors (Lipinski definition) is 3. The standard InChI is InChI=1S/C10H16F3N3O/c1-16-5-4-15-9(16)7-14-3-2-6-17-8-10(11,12)13/h4-5,14H,2-3,6-8H2,1H3. The maximum Gasteiger partial charge on any atom is 0.411 e. The molecule has 1 aromatic heterocycles. The van der Waals surface area contributed by atoms with Crippen LogP contribution in [0.3, 0.4) is 0 Å². The number of nitrogens with zero attached hydrogens (tertiary/aromatic N) is 2. The Bertz CT molecular complexity index is 325. The van der Waals surface area contributed by atoms with E-state index in [4.69, 9.17) is 0 Å². The summed E-state index contributed by atoms with van der Waals surface area (Å²) in [5.74, 6) is 0.890. The minimum Gasteiger partial charge on any atom is -0.372 e. The van der Waals surface area contributed by atoms with E-state index in [2.05, 4.69) is 15.0 Å². The summed E-state index contributed by atoms with van der Waals surface area (Å²) in [6, 6.07) is 0. The fourth-order valence-electron chi connectivity index (χ4n) is 1.25. The molecule has 0 unspecified atom stereocenters. The molecule has 1 aromatic rings. The highest BCUT2D eigenvalue weighted by Crippen LogP contribution is 2.14. The first-order valence-corrected chi connectivity index (χ1v) is 5.30. The van der Waals surface area contributed by atoms with Crippen molar-refractivity contribution in [2.45, 2.75) is 19.1 Å². The fraction of sp³-hybridized carbons (Fsp3) is 0.700. The largest absolute Gasteiger partial charge is 0.411 e. The molecule has 0 aliphatic carbocycles. The number of rotatable bonds is 7. The highest BCUT2D eigenvalue weighted by molar-refractivity contribution is 4.90. The molecule has 0 saturated carbocycles. The Kier molecular flexibility index (Phi) is 5.43. The minimum absolute atomic E-state index is 0.104. The zero-order valence-electron chi connectivity index (χ0n) is 9.63. The number of aryl methyl sites for hydroxylation is 1. The Morgan fingerprint density at radius 2 is 2.24 bits per heavy atom. The van der Waals surface area contributed by atoms with E-state index in [-0.39, 0.29) is 6.61 Å². The molecule has 17 heavy (non-hydrogen) atoms. The van der Waals surface area contributed by atoms with Gasteiger partial charge in [0.25, 0.3) is 0 Å². The third-order valence-corrected chi connectivity index (χ3v) is 2.11. The normalized spacial score (nSPS) is 12.0. The van der Waals surface area contributed by atoms with Crippen LogP contribution in [0.15, 0.2) is 12.4 Å². The monoisotopic (exact) mass is 251 g/mol. The smallest absolute Gasteiger partial charge is 0.372 e. The van der Waals surface area contributed by atoms with Crippen molar-refractivity contribution < 1.29 is 17.9 Å². The number of alkyl halides is 3. The molecule has 0 saturated heterocycles. The van der Waals surface area contributed by atoms with E-state index < -0.39 is 12.8 Å². The van der Waals surface area contributed by atoms with Gasteiger partial charge in [-0.2, -0.15) is 13.2 Å². The maximum atomic E-state index is 11.7. The van der Waals surface area contributed by atoms with Crippen LogP contribution in [0.4, 0.5) is 13.2 Å². The van der Waals surface area contributed by atoms with Crippen molar-refractivity contribution in [2.75, 3.05) is 19.8 Å². The lowest BCUT2D eigenvalue weighted by Gasteiger charge is -2.08. The van der Waals surface area contributed by atoms with Gasteiger partial charge in [-0.25, -0.2) is 4.98 Å². The Hall–Kier alpha value is -1.08. The molecule has 0 bridgehead atoms. The summed E-state index contributed by atoms with van der Waals surface area (Å²) >= 11 is 0. The second-order valence-electron chi connectivity index (χ2n) is 3.65. The van der Waals surface area contributed by atoms with E-state index in [0.29, 0.717) is 19.5 Å². The van der Waals surface area contributed by atoms with Crippen LogP contribution in [0.1, 0.15) is 12.2 Å². The lowest BCUT2D eigenvalue weighted by molar-refractivity contribution is -0.173. The van der Waals surface area contributed by atoms with Crippen molar-refractivity contribution in [2.24, 2.45) is 7.05 Å². The van der Waals surface area contributed by atoms with Crippen LogP contribution in [0.25, 0.3) is 0 Å². The summed E-state index contributed by atoms with van der Waals surface area (Å²) in [6.45, 7) is 0.132. The molecule has 98 valence electrons. The summed E-state index contributed by atoms with van der Waals surface area (Å²) in [4.78, 5) is 4.10. The lowest BCUT2D eigenvalue weighted by atomic mass is 10.4. The first-order chi connectivity index (χ1) is 7.99. The molecule has 1 heterocycles. The Morgan fingerprint density at radius 3 is 2.82 bits per heavy atom. The average Bonchev–Trinajstić information content (AvgIpc) is 2.61. The maximum absolute atomic E-state index is 11.7. The summed E-state index contributed by atoms with van der Waals surface area (Å²) in [5.41, 5.74) is 0. The molecule has 0 aromatic carbocycles. The van der Waals surface area contributed by atoms with Crippen LogP contribution in [0, 0.1) is 0 Å². The van der Waals surface area contributed by atoms with E-state index in [0.717, 1.165) is 5.82 Å². The predicted octanol–water partition coefficient (Wildman–Crippen LogP) is 1.48. The third kappa shape index (κ3) is 6.28. The zero-order valence-corrected chi connectivity index (χ0v) is 9.63. The van der Waals surface area contributed by atoms with Gasteiger partial charge in [-0.15, -0.1) is 0 Å². The van der Waals surface area contributed by atoms with Gasteiger partial charge in [0.15, 0.2) is 0 Å². The van der Waals surface area contributed by atoms with Crippen molar-refractivity contribution >= 4 is 0 Å². The average molecular weight is 251 g/mol. The van der Waals surface area contributed by atoms with E-state index in [1.54, 1.807) is 6.20 Å². The molecule has 0 radical (unpaired) electrons. The summed E-state index contributed by atoms with van der Waals surface area (Å²) in [5, 5.41) is 3.08. The molecule has 0 spiro atoms. The summed E-state index contributed by atoms with van der Waals surface area (Å²) in [6.07, 6.45) is -0.159. The lowest BCUT2D eigenvalue weighted by Crippen LogP contribution is -2.21. The molecular weight excluding hydrogens is 235 g/mol. The van der Waals surface area contributed by atoms with Gasteiger partial charge in [0.1, 0.15) is 12.4 Å². The van der Waals surface area contributed by atoms with Crippen molar-refractivity contribution in [3.63, 3.8) is 0 Å². The Balaban J connectivity index is 1.97. The molecule has 7 heteroatoms. The van der Waals surface area contributed by atoms with Crippen LogP contribution < -0.4 is 5.32 Å². The van der Waals surface area contributed by atoms with Crippen molar-refractivity contribution in [3.05, 3.63) is 18.2 Å². The second-order valence-corrected chi connectivity index (χ2v) is 3.65. The number of ether oxygens (including phenoxy) is 1. The Labute approximate surface area is 97.8 Å². The SMILES string of the molecule is Cn1ccnc1CNCCCOCC(F)(F)F. The first-order valence-electron chi connectivity index (χ1n) is 5.30. The van der Waals surface area contributed by atoms with Gasteiger partial charge in [-0.3, -0.25) is 0 Å². The minimum atomic E-state index is -4.24. The number of halogens is 3. The summed E-state index contributed by atoms with van der Waals surface area (Å²) < 4.78 is 41.5. The van der Waals surface area contributed by atoms with Gasteiger partial charge in [0.2, 0.25) is 0 Å². The number of hydrogen-bond donors (Lipinski definition) is 1. The van der Waals surface area contributed by atoms with E-state index in [9.17, 15) is 13.2 Å². The third-order valence-electron chi connectivity index (χ3n) is 2.11. The van der Waals surface area contributed by atoms with Crippen LogP contribution in [0.5, 0.6) is 0 Å². The predicted molar refractivity (Wildman–Crippen MR) is 56.4 cm³/mol. The first kappa shape index (κ1) is 14.0. The van der Waals surface area contributed by atoms with E-state index in [1.807, 2.05) is 17.8 Å². The molecule has 1 N–H and O–H groups in total. The van der Waals surface area contributed by atoms with Crippen LogP contribution in [-0.2, 0) is 18.3 Å². The van der Waals surface area contributed by atoms with Gasteiger partial charge in [0.05, 0.1) is 6.54 Å². The molecule has 0 aliphatic heterocycles. The second kappa shape index (κ2) is 6.61. The van der Waals surface area contributed by atoms with Gasteiger partial charge >= 0.3 is 6.18 Å². The highest BCUT2D eigenvalue weighted by Gasteiger charge is 2.27. The van der Waals surface area contributed by atoms with Gasteiger partial charge in [-0.05, 0) is 13.0 Å². The molecule has 0 aliphatic rings. The molecule has 0 amide bonds. The summed E-state index contributed by atoms with van der Waals surface area (Å²) in [7, 11) is 1.89. The van der Waals surface area contributed by atoms with Crippen molar-refractivity contribution in [3.8, 4) is 0 Å². The zero-order chi connectivity index (χ0) is 12.7. The molecular formula is C10H16F3N3O. The van der Waals surface area contributed by atoms with Crippen LogP contribution >= 0.6 is 0 Å². The van der Waals surface area contributed by atoms with Crippen LogP contribution in [-0.4, -0.2) is 35.5 Å². The number of nitrogens with one attached hydrogen (secondary N) is 1. The van der Waals surface area contributed by atoms with E-state index in [1.165, 1.54) is 0 Å². The van der Waals surface area contributed by atoms with Gasteiger partial charge in [0, 0.05) is 26.0 Å². The number of imidazole rings is 1. The van der Waals surface area contributed by atoms with Crippen molar-refractivity contribution in [1.82, 2.24) is 14.9 Å².